The number of fused-ring (bicyclic) bond motifs is 1. The quantitative estimate of drug-likeness (QED) is 0.210. The van der Waals surface area contributed by atoms with Crippen molar-refractivity contribution in [2.45, 2.75) is 148 Å². The highest BCUT2D eigenvalue weighted by molar-refractivity contribution is 5.72. The van der Waals surface area contributed by atoms with Crippen LogP contribution in [-0.4, -0.2) is 44.5 Å². The third-order valence-electron chi connectivity index (χ3n) is 12.2. The molecular weight excluding hydrogens is 548 g/mol. The van der Waals surface area contributed by atoms with Crippen molar-refractivity contribution in [2.24, 2.45) is 29.1 Å². The number of allylic oxidation sites excluding steroid dienone is 3. The maximum Gasteiger partial charge on any atom is 0.308 e. The van der Waals surface area contributed by atoms with Crippen molar-refractivity contribution in [1.29, 1.82) is 0 Å². The molecule has 0 aliphatic heterocycles. The normalized spacial score (nSPS) is 33.7. The van der Waals surface area contributed by atoms with Gasteiger partial charge in [0.25, 0.3) is 0 Å². The van der Waals surface area contributed by atoms with Gasteiger partial charge >= 0.3 is 5.97 Å². The smallest absolute Gasteiger partial charge is 0.308 e. The summed E-state index contributed by atoms with van der Waals surface area (Å²) in [5.41, 5.74) is 4.55. The molecular formula is C38H58N2O4. The summed E-state index contributed by atoms with van der Waals surface area (Å²) in [6, 6.07) is 0. The highest BCUT2D eigenvalue weighted by Crippen LogP contribution is 2.60. The lowest BCUT2D eigenvalue weighted by atomic mass is 9.60. The molecule has 4 aliphatic rings. The van der Waals surface area contributed by atoms with Crippen molar-refractivity contribution in [1.82, 2.24) is 9.97 Å². The van der Waals surface area contributed by atoms with Gasteiger partial charge in [0, 0.05) is 18.3 Å². The van der Waals surface area contributed by atoms with E-state index in [1.807, 2.05) is 13.1 Å². The van der Waals surface area contributed by atoms with Crippen LogP contribution in [0, 0.1) is 29.1 Å². The van der Waals surface area contributed by atoms with Gasteiger partial charge in [0.1, 0.15) is 11.9 Å². The summed E-state index contributed by atoms with van der Waals surface area (Å²) in [5.74, 6) is 2.60. The van der Waals surface area contributed by atoms with Crippen molar-refractivity contribution in [3.63, 3.8) is 0 Å². The molecule has 0 saturated heterocycles. The molecule has 6 heteroatoms. The maximum absolute atomic E-state index is 13.1. The van der Waals surface area contributed by atoms with Crippen LogP contribution in [0.5, 0.6) is 0 Å². The summed E-state index contributed by atoms with van der Waals surface area (Å²) in [4.78, 5) is 21.5. The highest BCUT2D eigenvalue weighted by atomic mass is 16.5. The van der Waals surface area contributed by atoms with Crippen LogP contribution in [0.1, 0.15) is 130 Å². The minimum absolute atomic E-state index is 0.0680. The number of imidazole rings is 1. The van der Waals surface area contributed by atoms with E-state index < -0.39 is 12.2 Å². The molecule has 5 rings (SSSR count). The van der Waals surface area contributed by atoms with Crippen molar-refractivity contribution in [2.75, 3.05) is 0 Å². The molecule has 244 valence electrons. The molecule has 1 unspecified atom stereocenters. The largest absolute Gasteiger partial charge is 0.461 e. The average molecular weight is 607 g/mol. The molecule has 4 saturated carbocycles. The van der Waals surface area contributed by atoms with Crippen LogP contribution in [0.2, 0.25) is 0 Å². The second-order valence-electron chi connectivity index (χ2n) is 15.1. The van der Waals surface area contributed by atoms with Gasteiger partial charge in [-0.2, -0.15) is 0 Å². The molecule has 0 aromatic carbocycles. The Morgan fingerprint density at radius 3 is 2.66 bits per heavy atom. The van der Waals surface area contributed by atoms with Gasteiger partial charge in [0.2, 0.25) is 0 Å². The van der Waals surface area contributed by atoms with E-state index in [-0.39, 0.29) is 28.8 Å². The number of aliphatic hydroxyl groups is 2. The van der Waals surface area contributed by atoms with E-state index in [0.29, 0.717) is 30.6 Å². The Bertz CT molecular complexity index is 1240. The van der Waals surface area contributed by atoms with Gasteiger partial charge in [-0.3, -0.25) is 4.79 Å². The second kappa shape index (κ2) is 13.7. The lowest BCUT2D eigenvalue weighted by molar-refractivity contribution is -0.156. The van der Waals surface area contributed by atoms with E-state index in [0.717, 1.165) is 68.3 Å². The Labute approximate surface area is 265 Å². The predicted molar refractivity (Wildman–Crippen MR) is 176 cm³/mol. The first-order chi connectivity index (χ1) is 21.0. The van der Waals surface area contributed by atoms with Gasteiger partial charge in [-0.1, -0.05) is 65.3 Å². The fourth-order valence-corrected chi connectivity index (χ4v) is 9.02. The summed E-state index contributed by atoms with van der Waals surface area (Å²) in [6.45, 7) is 15.3. The van der Waals surface area contributed by atoms with Crippen LogP contribution in [0.3, 0.4) is 0 Å². The Morgan fingerprint density at radius 1 is 1.18 bits per heavy atom. The number of ether oxygens (including phenoxy) is 1. The number of aromatic amines is 1. The Kier molecular flexibility index (Phi) is 10.3. The van der Waals surface area contributed by atoms with Crippen molar-refractivity contribution in [3.05, 3.63) is 53.2 Å². The van der Waals surface area contributed by atoms with Crippen molar-refractivity contribution in [3.8, 4) is 0 Å². The number of aryl methyl sites for hydroxylation is 1. The molecule has 4 fully saturated rings. The Hall–Kier alpha value is -2.18. The number of hydrogen-bond donors (Lipinski definition) is 3. The second-order valence-corrected chi connectivity index (χ2v) is 15.1. The van der Waals surface area contributed by atoms with Crippen LogP contribution in [0.15, 0.2) is 41.6 Å². The minimum atomic E-state index is -0.647. The molecule has 1 heterocycles. The highest BCUT2D eigenvalue weighted by Gasteiger charge is 2.56. The third kappa shape index (κ3) is 6.67. The fraction of sp³-hybridized carbons (Fsp3) is 0.737. The summed E-state index contributed by atoms with van der Waals surface area (Å²) < 4.78 is 6.37. The molecule has 4 aliphatic carbocycles. The molecule has 6 nitrogen and oxygen atoms in total. The third-order valence-corrected chi connectivity index (χ3v) is 12.2. The number of rotatable bonds is 12. The zero-order valence-electron chi connectivity index (χ0n) is 28.0. The average Bonchev–Trinajstić information content (AvgIpc) is 3.52. The fourth-order valence-electron chi connectivity index (χ4n) is 9.02. The number of esters is 1. The lowest BCUT2D eigenvalue weighted by Gasteiger charge is -2.44. The Morgan fingerprint density at radius 2 is 1.95 bits per heavy atom. The predicted octanol–water partition coefficient (Wildman–Crippen LogP) is 7.91. The maximum atomic E-state index is 13.1. The van der Waals surface area contributed by atoms with E-state index >= 15 is 0 Å². The summed E-state index contributed by atoms with van der Waals surface area (Å²) in [6.07, 6.45) is 19.0. The van der Waals surface area contributed by atoms with E-state index in [1.165, 1.54) is 37.0 Å². The van der Waals surface area contributed by atoms with Gasteiger partial charge in [-0.25, -0.2) is 4.98 Å². The Balaban J connectivity index is 1.29. The van der Waals surface area contributed by atoms with Crippen LogP contribution in [0.4, 0.5) is 0 Å². The first kappa shape index (κ1) is 33.2. The molecule has 1 aromatic heterocycles. The first-order valence-electron chi connectivity index (χ1n) is 17.7. The molecule has 44 heavy (non-hydrogen) atoms. The number of nitrogens with one attached hydrogen (secondary N) is 1. The first-order valence-corrected chi connectivity index (χ1v) is 17.7. The number of carbonyl (C=O) groups excluding carboxylic acids is 1. The van der Waals surface area contributed by atoms with Crippen molar-refractivity contribution >= 4 is 5.97 Å². The monoisotopic (exact) mass is 606 g/mol. The van der Waals surface area contributed by atoms with E-state index in [1.54, 1.807) is 0 Å². The number of aromatic nitrogens is 2. The molecule has 8 atom stereocenters. The standard InChI is InChI=1S/C38H58N2O4/c1-7-10-29-23-39-36(40-29)38(19-20-38)34(44-35(43)24(3)8-2)17-12-25(4)31-15-16-32-27(11-9-18-37(31,32)6)13-14-28-21-30(41)22-33(42)26(28)5/h13-14,23-25,30-34,41-42H,5,7-12,15-22H2,1-4,6H3,(H,39,40)/t24?,25-,30-,31-,32+,33+,34+,37-/m1/s1. The van der Waals surface area contributed by atoms with Crippen LogP contribution >= 0.6 is 0 Å². The summed E-state index contributed by atoms with van der Waals surface area (Å²) >= 11 is 0. The molecule has 0 bridgehead atoms. The number of hydrogen-bond acceptors (Lipinski definition) is 5. The molecule has 0 spiro atoms. The molecule has 3 N–H and O–H groups in total. The topological polar surface area (TPSA) is 95.4 Å². The molecule has 0 radical (unpaired) electrons. The number of nitrogens with zero attached hydrogens (tertiary/aromatic N) is 1. The molecule has 1 aromatic rings. The van der Waals surface area contributed by atoms with Crippen LogP contribution in [-0.2, 0) is 21.4 Å². The molecule has 0 amide bonds. The lowest BCUT2D eigenvalue weighted by Crippen LogP contribution is -2.37. The van der Waals surface area contributed by atoms with Gasteiger partial charge < -0.3 is 19.9 Å². The van der Waals surface area contributed by atoms with Gasteiger partial charge in [0.15, 0.2) is 0 Å². The zero-order chi connectivity index (χ0) is 31.6. The van der Waals surface area contributed by atoms with E-state index in [9.17, 15) is 15.0 Å². The van der Waals surface area contributed by atoms with Gasteiger partial charge in [0.05, 0.1) is 23.5 Å². The summed E-state index contributed by atoms with van der Waals surface area (Å²) in [5, 5.41) is 20.5. The minimum Gasteiger partial charge on any atom is -0.461 e. The van der Waals surface area contributed by atoms with Gasteiger partial charge in [-0.05, 0) is 111 Å². The van der Waals surface area contributed by atoms with Crippen LogP contribution in [0.25, 0.3) is 0 Å². The number of aliphatic hydroxyl groups excluding tert-OH is 2. The number of H-pyrrole nitrogens is 1. The van der Waals surface area contributed by atoms with E-state index in [4.69, 9.17) is 9.72 Å². The van der Waals surface area contributed by atoms with Crippen molar-refractivity contribution < 1.29 is 19.7 Å². The summed E-state index contributed by atoms with van der Waals surface area (Å²) in [7, 11) is 0. The SMILES string of the molecule is C=C1C(=CC=C2CCC[C@]3(C)[C@@H]([C@H](C)CC[C@H](OC(=O)C(C)CC)C4(c5ncc(CCC)[nH]5)CC4)CC[C@@H]23)C[C@@H](O)C[C@@H]1O. The van der Waals surface area contributed by atoms with E-state index in [2.05, 4.69) is 51.4 Å². The zero-order valence-corrected chi connectivity index (χ0v) is 28.0. The van der Waals surface area contributed by atoms with Gasteiger partial charge in [-0.15, -0.1) is 0 Å². The van der Waals surface area contributed by atoms with Crippen LogP contribution < -0.4 is 0 Å². The number of carbonyl (C=O) groups is 1.